The molecule has 0 fully saturated rings. The lowest BCUT2D eigenvalue weighted by molar-refractivity contribution is 0.112. The second-order valence-electron chi connectivity index (χ2n) is 3.67. The highest BCUT2D eigenvalue weighted by Crippen LogP contribution is 2.32. The van der Waals surface area contributed by atoms with Crippen LogP contribution < -0.4 is 4.74 Å². The molecule has 0 amide bonds. The smallest absolute Gasteiger partial charge is 0.152 e. The van der Waals surface area contributed by atoms with Gasteiger partial charge in [0, 0.05) is 4.47 Å². The summed E-state index contributed by atoms with van der Waals surface area (Å²) >= 11 is 9.36. The first-order valence-corrected chi connectivity index (χ1v) is 6.49. The summed E-state index contributed by atoms with van der Waals surface area (Å²) in [5.41, 5.74) is 1.45. The molecule has 0 spiro atoms. The Morgan fingerprint density at radius 3 is 2.56 bits per heavy atom. The molecule has 0 aliphatic heterocycles. The lowest BCUT2D eigenvalue weighted by atomic mass is 10.2. The molecule has 92 valence electrons. The molecule has 4 heteroatoms. The van der Waals surface area contributed by atoms with Crippen LogP contribution in [-0.2, 0) is 6.61 Å². The fourth-order valence-electron chi connectivity index (χ4n) is 1.50. The number of rotatable bonds is 4. The summed E-state index contributed by atoms with van der Waals surface area (Å²) in [7, 11) is 0. The van der Waals surface area contributed by atoms with E-state index < -0.39 is 0 Å². The molecule has 0 saturated carbocycles. The van der Waals surface area contributed by atoms with Crippen molar-refractivity contribution in [3.8, 4) is 5.75 Å². The molecular formula is C14H10BrClO2. The fraction of sp³-hybridized carbons (Fsp3) is 0.0714. The first kappa shape index (κ1) is 13.1. The van der Waals surface area contributed by atoms with Gasteiger partial charge in [-0.1, -0.05) is 41.9 Å². The summed E-state index contributed by atoms with van der Waals surface area (Å²) in [5, 5.41) is 0.329. The normalized spacial score (nSPS) is 10.1. The van der Waals surface area contributed by atoms with E-state index in [9.17, 15) is 4.79 Å². The molecule has 0 N–H and O–H groups in total. The maximum atomic E-state index is 10.9. The third kappa shape index (κ3) is 2.92. The van der Waals surface area contributed by atoms with Gasteiger partial charge >= 0.3 is 0 Å². The zero-order valence-corrected chi connectivity index (χ0v) is 11.7. The molecule has 0 radical (unpaired) electrons. The standard InChI is InChI=1S/C14H10BrClO2/c15-12-6-7-13(14(16)11(12)8-17)18-9-10-4-2-1-3-5-10/h1-8H,9H2. The van der Waals surface area contributed by atoms with E-state index >= 15 is 0 Å². The summed E-state index contributed by atoms with van der Waals surface area (Å²) in [4.78, 5) is 10.9. The number of carbonyl (C=O) groups excluding carboxylic acids is 1. The van der Waals surface area contributed by atoms with Crippen LogP contribution in [0.25, 0.3) is 0 Å². The molecule has 0 atom stereocenters. The Kier molecular flexibility index (Phi) is 4.39. The molecule has 2 aromatic rings. The first-order chi connectivity index (χ1) is 8.72. The molecule has 0 aliphatic rings. The van der Waals surface area contributed by atoms with Gasteiger partial charge in [-0.15, -0.1) is 0 Å². The van der Waals surface area contributed by atoms with Crippen LogP contribution in [0, 0.1) is 0 Å². The minimum Gasteiger partial charge on any atom is -0.487 e. The highest BCUT2D eigenvalue weighted by Gasteiger charge is 2.10. The Morgan fingerprint density at radius 2 is 1.89 bits per heavy atom. The van der Waals surface area contributed by atoms with Crippen molar-refractivity contribution < 1.29 is 9.53 Å². The van der Waals surface area contributed by atoms with E-state index in [4.69, 9.17) is 16.3 Å². The molecule has 0 heterocycles. The van der Waals surface area contributed by atoms with Gasteiger partial charge in [0.05, 0.1) is 10.6 Å². The number of hydrogen-bond acceptors (Lipinski definition) is 2. The molecule has 18 heavy (non-hydrogen) atoms. The summed E-state index contributed by atoms with van der Waals surface area (Å²) < 4.78 is 6.27. The van der Waals surface area contributed by atoms with E-state index in [0.29, 0.717) is 33.7 Å². The van der Waals surface area contributed by atoms with E-state index in [0.717, 1.165) is 5.56 Å². The number of benzene rings is 2. The van der Waals surface area contributed by atoms with Crippen molar-refractivity contribution >= 4 is 33.8 Å². The van der Waals surface area contributed by atoms with E-state index in [2.05, 4.69) is 15.9 Å². The third-order valence-electron chi connectivity index (χ3n) is 2.45. The quantitative estimate of drug-likeness (QED) is 0.774. The van der Waals surface area contributed by atoms with Crippen LogP contribution in [0.4, 0.5) is 0 Å². The van der Waals surface area contributed by atoms with Crippen LogP contribution in [0.2, 0.25) is 5.02 Å². The predicted octanol–water partition coefficient (Wildman–Crippen LogP) is 4.49. The number of hydrogen-bond donors (Lipinski definition) is 0. The number of aldehydes is 1. The number of carbonyl (C=O) groups is 1. The maximum absolute atomic E-state index is 10.9. The molecule has 0 aliphatic carbocycles. The fourth-order valence-corrected chi connectivity index (χ4v) is 2.31. The van der Waals surface area contributed by atoms with Gasteiger partial charge in [0.1, 0.15) is 12.4 Å². The van der Waals surface area contributed by atoms with Crippen molar-refractivity contribution in [1.29, 1.82) is 0 Å². The molecule has 0 unspecified atom stereocenters. The van der Waals surface area contributed by atoms with Crippen molar-refractivity contribution in [2.45, 2.75) is 6.61 Å². The van der Waals surface area contributed by atoms with Gasteiger partial charge in [-0.3, -0.25) is 4.79 Å². The monoisotopic (exact) mass is 324 g/mol. The van der Waals surface area contributed by atoms with E-state index in [1.54, 1.807) is 12.1 Å². The first-order valence-electron chi connectivity index (χ1n) is 5.32. The topological polar surface area (TPSA) is 26.3 Å². The molecule has 2 nitrogen and oxygen atoms in total. The minimum absolute atomic E-state index is 0.329. The minimum atomic E-state index is 0.329. The van der Waals surface area contributed by atoms with Gasteiger partial charge in [-0.2, -0.15) is 0 Å². The molecule has 0 saturated heterocycles. The van der Waals surface area contributed by atoms with E-state index in [-0.39, 0.29) is 0 Å². The summed E-state index contributed by atoms with van der Waals surface area (Å²) in [6, 6.07) is 13.2. The van der Waals surface area contributed by atoms with Gasteiger partial charge in [0.15, 0.2) is 6.29 Å². The zero-order chi connectivity index (χ0) is 13.0. The summed E-state index contributed by atoms with van der Waals surface area (Å²) in [6.45, 7) is 0.417. The Labute approximate surface area is 119 Å². The Bertz CT molecular complexity index is 555. The van der Waals surface area contributed by atoms with Crippen LogP contribution in [0.5, 0.6) is 5.75 Å². The lowest BCUT2D eigenvalue weighted by Gasteiger charge is -2.10. The highest BCUT2D eigenvalue weighted by atomic mass is 79.9. The largest absolute Gasteiger partial charge is 0.487 e. The Hall–Kier alpha value is -1.32. The van der Waals surface area contributed by atoms with Crippen molar-refractivity contribution in [3.63, 3.8) is 0 Å². The predicted molar refractivity (Wildman–Crippen MR) is 75.3 cm³/mol. The molecule has 2 rings (SSSR count). The van der Waals surface area contributed by atoms with Crippen molar-refractivity contribution in [2.75, 3.05) is 0 Å². The number of halogens is 2. The average Bonchev–Trinajstić information content (AvgIpc) is 2.40. The third-order valence-corrected chi connectivity index (χ3v) is 3.53. The van der Waals surface area contributed by atoms with E-state index in [1.807, 2.05) is 30.3 Å². The second-order valence-corrected chi connectivity index (χ2v) is 4.90. The Balaban J connectivity index is 2.18. The van der Waals surface area contributed by atoms with Gasteiger partial charge < -0.3 is 4.74 Å². The van der Waals surface area contributed by atoms with Crippen LogP contribution in [0.3, 0.4) is 0 Å². The van der Waals surface area contributed by atoms with Crippen LogP contribution in [-0.4, -0.2) is 6.29 Å². The van der Waals surface area contributed by atoms with Crippen molar-refractivity contribution in [2.24, 2.45) is 0 Å². The van der Waals surface area contributed by atoms with Gasteiger partial charge in [-0.25, -0.2) is 0 Å². The van der Waals surface area contributed by atoms with Gasteiger partial charge in [0.2, 0.25) is 0 Å². The summed E-state index contributed by atoms with van der Waals surface area (Å²) in [6.07, 6.45) is 0.710. The molecular weight excluding hydrogens is 316 g/mol. The van der Waals surface area contributed by atoms with Crippen LogP contribution in [0.1, 0.15) is 15.9 Å². The molecule has 0 aromatic heterocycles. The van der Waals surface area contributed by atoms with Crippen LogP contribution >= 0.6 is 27.5 Å². The molecule has 2 aromatic carbocycles. The van der Waals surface area contributed by atoms with E-state index in [1.165, 1.54) is 0 Å². The maximum Gasteiger partial charge on any atom is 0.152 e. The van der Waals surface area contributed by atoms with Gasteiger partial charge in [0.25, 0.3) is 0 Å². The average molecular weight is 326 g/mol. The SMILES string of the molecule is O=Cc1c(Br)ccc(OCc2ccccc2)c1Cl. The summed E-state index contributed by atoms with van der Waals surface area (Å²) in [5.74, 6) is 0.505. The van der Waals surface area contributed by atoms with Gasteiger partial charge in [-0.05, 0) is 33.6 Å². The van der Waals surface area contributed by atoms with Crippen molar-refractivity contribution in [3.05, 3.63) is 63.1 Å². The number of ether oxygens (including phenoxy) is 1. The second kappa shape index (κ2) is 6.03. The Morgan fingerprint density at radius 1 is 1.17 bits per heavy atom. The van der Waals surface area contributed by atoms with Crippen LogP contribution in [0.15, 0.2) is 46.9 Å². The zero-order valence-electron chi connectivity index (χ0n) is 9.40. The van der Waals surface area contributed by atoms with Crippen molar-refractivity contribution in [1.82, 2.24) is 0 Å². The lowest BCUT2D eigenvalue weighted by Crippen LogP contribution is -1.97. The molecule has 0 bridgehead atoms. The highest BCUT2D eigenvalue weighted by molar-refractivity contribution is 9.10.